The molecule has 1 rings (SSSR count). The maximum absolute atomic E-state index is 5.16. The van der Waals surface area contributed by atoms with Gasteiger partial charge in [-0.25, -0.2) is 0 Å². The summed E-state index contributed by atoms with van der Waals surface area (Å²) >= 11 is 0. The Balaban J connectivity index is 2.37. The highest BCUT2D eigenvalue weighted by Crippen LogP contribution is 2.16. The number of likely N-dealkylation sites (N-methyl/N-ethyl adjacent to an activating group) is 1. The van der Waals surface area contributed by atoms with E-state index in [4.69, 9.17) is 4.74 Å². The average molecular weight is 250 g/mol. The molecular weight excluding hydrogens is 224 g/mol. The highest BCUT2D eigenvalue weighted by molar-refractivity contribution is 5.28. The number of methoxy groups -OCH3 is 1. The van der Waals surface area contributed by atoms with E-state index >= 15 is 0 Å². The summed E-state index contributed by atoms with van der Waals surface area (Å²) in [5, 5.41) is 3.55. The average Bonchev–Trinajstić information content (AvgIpc) is 2.43. The first-order valence-electron chi connectivity index (χ1n) is 6.80. The summed E-state index contributed by atoms with van der Waals surface area (Å²) in [5.74, 6) is 0.911. The maximum atomic E-state index is 5.16. The van der Waals surface area contributed by atoms with Crippen molar-refractivity contribution < 1.29 is 4.74 Å². The van der Waals surface area contributed by atoms with Crippen LogP contribution in [-0.4, -0.2) is 38.2 Å². The molecule has 3 nitrogen and oxygen atoms in total. The number of hydrogen-bond donors (Lipinski definition) is 1. The zero-order chi connectivity index (χ0) is 13.4. The summed E-state index contributed by atoms with van der Waals surface area (Å²) in [6.07, 6.45) is 0. The van der Waals surface area contributed by atoms with Gasteiger partial charge in [-0.3, -0.25) is 0 Å². The Bertz CT molecular complexity index is 320. The minimum Gasteiger partial charge on any atom is -0.497 e. The lowest BCUT2D eigenvalue weighted by Crippen LogP contribution is -2.33. The third kappa shape index (κ3) is 4.67. The van der Waals surface area contributed by atoms with Gasteiger partial charge in [0.1, 0.15) is 5.75 Å². The molecule has 1 unspecified atom stereocenters. The first kappa shape index (κ1) is 15.0. The SMILES string of the molecule is CCN(CC)CCNC(C)c1ccc(OC)cc1. The number of ether oxygens (including phenoxy) is 1. The van der Waals surface area contributed by atoms with E-state index in [1.807, 2.05) is 12.1 Å². The molecule has 102 valence electrons. The molecule has 1 aromatic rings. The molecule has 0 aromatic heterocycles. The fourth-order valence-electron chi connectivity index (χ4n) is 1.99. The van der Waals surface area contributed by atoms with E-state index in [0.717, 1.165) is 31.9 Å². The number of benzene rings is 1. The molecule has 0 saturated carbocycles. The van der Waals surface area contributed by atoms with Crippen LogP contribution in [0.5, 0.6) is 5.75 Å². The van der Waals surface area contributed by atoms with E-state index in [2.05, 4.69) is 43.1 Å². The van der Waals surface area contributed by atoms with Crippen molar-refractivity contribution in [2.45, 2.75) is 26.8 Å². The summed E-state index contributed by atoms with van der Waals surface area (Å²) in [6.45, 7) is 11.0. The smallest absolute Gasteiger partial charge is 0.118 e. The van der Waals surface area contributed by atoms with Crippen molar-refractivity contribution in [3.63, 3.8) is 0 Å². The van der Waals surface area contributed by atoms with Gasteiger partial charge < -0.3 is 15.0 Å². The normalized spacial score (nSPS) is 12.7. The van der Waals surface area contributed by atoms with Crippen LogP contribution in [0.4, 0.5) is 0 Å². The highest BCUT2D eigenvalue weighted by Gasteiger charge is 2.05. The Morgan fingerprint density at radius 1 is 1.17 bits per heavy atom. The second-order valence-electron chi connectivity index (χ2n) is 4.48. The van der Waals surface area contributed by atoms with Crippen LogP contribution in [0.2, 0.25) is 0 Å². The van der Waals surface area contributed by atoms with Gasteiger partial charge in [0.2, 0.25) is 0 Å². The Labute approximate surface area is 111 Å². The minimum atomic E-state index is 0.381. The molecule has 3 heteroatoms. The standard InChI is InChI=1S/C15H26N2O/c1-5-17(6-2)12-11-16-13(3)14-7-9-15(18-4)10-8-14/h7-10,13,16H,5-6,11-12H2,1-4H3. The van der Waals surface area contributed by atoms with Crippen LogP contribution in [0.25, 0.3) is 0 Å². The van der Waals surface area contributed by atoms with Crippen molar-refractivity contribution in [1.29, 1.82) is 0 Å². The number of rotatable bonds is 8. The zero-order valence-electron chi connectivity index (χ0n) is 12.1. The van der Waals surface area contributed by atoms with E-state index in [1.54, 1.807) is 7.11 Å². The van der Waals surface area contributed by atoms with Gasteiger partial charge in [-0.15, -0.1) is 0 Å². The van der Waals surface area contributed by atoms with Gasteiger partial charge >= 0.3 is 0 Å². The highest BCUT2D eigenvalue weighted by atomic mass is 16.5. The largest absolute Gasteiger partial charge is 0.497 e. The number of hydrogen-bond acceptors (Lipinski definition) is 3. The monoisotopic (exact) mass is 250 g/mol. The molecule has 1 aromatic carbocycles. The van der Waals surface area contributed by atoms with Gasteiger partial charge in [0, 0.05) is 19.1 Å². The third-order valence-electron chi connectivity index (χ3n) is 3.39. The summed E-state index contributed by atoms with van der Waals surface area (Å²) in [6, 6.07) is 8.64. The number of nitrogens with one attached hydrogen (secondary N) is 1. The van der Waals surface area contributed by atoms with Crippen LogP contribution in [0, 0.1) is 0 Å². The van der Waals surface area contributed by atoms with Crippen LogP contribution in [0.3, 0.4) is 0 Å². The molecule has 0 aliphatic rings. The van der Waals surface area contributed by atoms with Gasteiger partial charge in [0.05, 0.1) is 7.11 Å². The minimum absolute atomic E-state index is 0.381. The molecule has 0 radical (unpaired) electrons. The van der Waals surface area contributed by atoms with Crippen molar-refractivity contribution in [3.8, 4) is 5.75 Å². The Morgan fingerprint density at radius 3 is 2.28 bits per heavy atom. The van der Waals surface area contributed by atoms with Gasteiger partial charge in [0.25, 0.3) is 0 Å². The van der Waals surface area contributed by atoms with Crippen LogP contribution in [-0.2, 0) is 0 Å². The van der Waals surface area contributed by atoms with Gasteiger partial charge in [0.15, 0.2) is 0 Å². The Hall–Kier alpha value is -1.06. The van der Waals surface area contributed by atoms with Crippen molar-refractivity contribution in [2.75, 3.05) is 33.3 Å². The van der Waals surface area contributed by atoms with E-state index in [0.29, 0.717) is 6.04 Å². The molecular formula is C15H26N2O. The molecule has 1 atom stereocenters. The molecule has 0 saturated heterocycles. The van der Waals surface area contributed by atoms with Crippen molar-refractivity contribution in [1.82, 2.24) is 10.2 Å². The molecule has 0 spiro atoms. The van der Waals surface area contributed by atoms with Crippen molar-refractivity contribution in [3.05, 3.63) is 29.8 Å². The Kier molecular flexibility index (Phi) is 6.76. The van der Waals surface area contributed by atoms with Gasteiger partial charge in [-0.2, -0.15) is 0 Å². The van der Waals surface area contributed by atoms with Crippen LogP contribution < -0.4 is 10.1 Å². The fourth-order valence-corrected chi connectivity index (χ4v) is 1.99. The second kappa shape index (κ2) is 8.11. The molecule has 0 aliphatic heterocycles. The molecule has 1 N–H and O–H groups in total. The summed E-state index contributed by atoms with van der Waals surface area (Å²) in [7, 11) is 1.70. The molecule has 0 heterocycles. The predicted octanol–water partition coefficient (Wildman–Crippen LogP) is 2.69. The lowest BCUT2D eigenvalue weighted by molar-refractivity contribution is 0.298. The van der Waals surface area contributed by atoms with Crippen LogP contribution in [0.15, 0.2) is 24.3 Å². The second-order valence-corrected chi connectivity index (χ2v) is 4.48. The molecule has 0 bridgehead atoms. The summed E-state index contributed by atoms with van der Waals surface area (Å²) < 4.78 is 5.16. The molecule has 0 aliphatic carbocycles. The molecule has 0 fully saturated rings. The Morgan fingerprint density at radius 2 is 1.78 bits per heavy atom. The van der Waals surface area contributed by atoms with Crippen LogP contribution in [0.1, 0.15) is 32.4 Å². The van der Waals surface area contributed by atoms with E-state index in [9.17, 15) is 0 Å². The molecule has 18 heavy (non-hydrogen) atoms. The topological polar surface area (TPSA) is 24.5 Å². The lowest BCUT2D eigenvalue weighted by Gasteiger charge is -2.20. The fraction of sp³-hybridized carbons (Fsp3) is 0.600. The lowest BCUT2D eigenvalue weighted by atomic mass is 10.1. The van der Waals surface area contributed by atoms with E-state index in [-0.39, 0.29) is 0 Å². The van der Waals surface area contributed by atoms with Crippen molar-refractivity contribution >= 4 is 0 Å². The van der Waals surface area contributed by atoms with Gasteiger partial charge in [-0.1, -0.05) is 26.0 Å². The van der Waals surface area contributed by atoms with Crippen molar-refractivity contribution in [2.24, 2.45) is 0 Å². The van der Waals surface area contributed by atoms with Gasteiger partial charge in [-0.05, 0) is 37.7 Å². The maximum Gasteiger partial charge on any atom is 0.118 e. The predicted molar refractivity (Wildman–Crippen MR) is 77.2 cm³/mol. The summed E-state index contributed by atoms with van der Waals surface area (Å²) in [5.41, 5.74) is 1.30. The summed E-state index contributed by atoms with van der Waals surface area (Å²) in [4.78, 5) is 2.42. The third-order valence-corrected chi connectivity index (χ3v) is 3.39. The van der Waals surface area contributed by atoms with Crippen LogP contribution >= 0.6 is 0 Å². The van der Waals surface area contributed by atoms with E-state index < -0.39 is 0 Å². The van der Waals surface area contributed by atoms with E-state index in [1.165, 1.54) is 5.56 Å². The number of nitrogens with zero attached hydrogens (tertiary/aromatic N) is 1. The first-order valence-corrected chi connectivity index (χ1v) is 6.80. The first-order chi connectivity index (χ1) is 8.71. The molecule has 0 amide bonds. The zero-order valence-corrected chi connectivity index (χ0v) is 12.1. The quantitative estimate of drug-likeness (QED) is 0.767.